The molecule has 18 heavy (non-hydrogen) atoms. The van der Waals surface area contributed by atoms with E-state index in [0.29, 0.717) is 6.54 Å². The van der Waals surface area contributed by atoms with Crippen molar-refractivity contribution in [3.05, 3.63) is 35.0 Å². The van der Waals surface area contributed by atoms with Crippen molar-refractivity contribution in [3.63, 3.8) is 0 Å². The number of nitrogens with two attached hydrogens (primary N) is 2. The molecule has 0 unspecified atom stereocenters. The van der Waals surface area contributed by atoms with E-state index in [1.807, 2.05) is 0 Å². The minimum atomic E-state index is 0.675. The summed E-state index contributed by atoms with van der Waals surface area (Å²) < 4.78 is 2.33. The minimum Gasteiger partial charge on any atom is -0.343 e. The zero-order valence-electron chi connectivity index (χ0n) is 11.4. The summed E-state index contributed by atoms with van der Waals surface area (Å²) >= 11 is 0. The third-order valence-corrected chi connectivity index (χ3v) is 3.59. The van der Waals surface area contributed by atoms with Crippen molar-refractivity contribution >= 4 is 10.9 Å². The molecule has 3 heteroatoms. The van der Waals surface area contributed by atoms with Crippen molar-refractivity contribution in [2.45, 2.75) is 33.2 Å². The monoisotopic (exact) mass is 245 g/mol. The lowest BCUT2D eigenvalue weighted by atomic mass is 10.0. The lowest BCUT2D eigenvalue weighted by molar-refractivity contribution is 0.706. The van der Waals surface area contributed by atoms with Gasteiger partial charge in [0.1, 0.15) is 0 Å². The maximum absolute atomic E-state index is 5.72. The highest BCUT2D eigenvalue weighted by Gasteiger charge is 2.13. The topological polar surface area (TPSA) is 57.0 Å². The van der Waals surface area contributed by atoms with Gasteiger partial charge in [0.2, 0.25) is 0 Å². The van der Waals surface area contributed by atoms with Crippen LogP contribution < -0.4 is 11.5 Å². The lowest BCUT2D eigenvalue weighted by Gasteiger charge is -2.06. The second-order valence-corrected chi connectivity index (χ2v) is 4.92. The summed E-state index contributed by atoms with van der Waals surface area (Å²) in [6, 6.07) is 6.65. The molecule has 98 valence electrons. The first-order valence-corrected chi connectivity index (χ1v) is 6.67. The first-order chi connectivity index (χ1) is 8.69. The van der Waals surface area contributed by atoms with Crippen molar-refractivity contribution in [2.75, 3.05) is 13.1 Å². The molecule has 2 rings (SSSR count). The van der Waals surface area contributed by atoms with E-state index in [2.05, 4.69) is 36.6 Å². The maximum atomic E-state index is 5.72. The zero-order valence-corrected chi connectivity index (χ0v) is 11.4. The van der Waals surface area contributed by atoms with Crippen LogP contribution >= 0.6 is 0 Å². The molecule has 0 saturated carbocycles. The van der Waals surface area contributed by atoms with Gasteiger partial charge in [0.15, 0.2) is 0 Å². The summed E-state index contributed by atoms with van der Waals surface area (Å²) in [6.07, 6.45) is 2.09. The van der Waals surface area contributed by atoms with Gasteiger partial charge in [-0.15, -0.1) is 0 Å². The molecule has 0 radical (unpaired) electrons. The van der Waals surface area contributed by atoms with E-state index < -0.39 is 0 Å². The van der Waals surface area contributed by atoms with Crippen LogP contribution in [-0.4, -0.2) is 17.7 Å². The van der Waals surface area contributed by atoms with Gasteiger partial charge >= 0.3 is 0 Å². The second-order valence-electron chi connectivity index (χ2n) is 4.92. The molecule has 0 aliphatic carbocycles. The first kappa shape index (κ1) is 13.1. The molecule has 0 amide bonds. The Morgan fingerprint density at radius 3 is 2.56 bits per heavy atom. The van der Waals surface area contributed by atoms with Crippen LogP contribution in [0.3, 0.4) is 0 Å². The highest BCUT2D eigenvalue weighted by Crippen LogP contribution is 2.27. The Hall–Kier alpha value is -1.32. The fourth-order valence-electron chi connectivity index (χ4n) is 2.68. The normalized spacial score (nSPS) is 11.3. The molecular formula is C15H23N3. The van der Waals surface area contributed by atoms with Crippen LogP contribution in [0.25, 0.3) is 10.9 Å². The Kier molecular flexibility index (Phi) is 4.04. The Morgan fingerprint density at radius 2 is 1.89 bits per heavy atom. The Labute approximate surface area is 109 Å². The molecule has 1 aromatic carbocycles. The standard InChI is InChI=1S/C15H23N3/c1-11-5-6-15-14(10-11)13(4-3-7-16)12(2)18(15)9-8-17/h5-6,10H,3-4,7-9,16-17H2,1-2H3. The van der Waals surface area contributed by atoms with Crippen molar-refractivity contribution < 1.29 is 0 Å². The van der Waals surface area contributed by atoms with Crippen LogP contribution in [0.1, 0.15) is 23.2 Å². The predicted octanol–water partition coefficient (Wildman–Crippen LogP) is 2.11. The van der Waals surface area contributed by atoms with Crippen LogP contribution in [0.4, 0.5) is 0 Å². The largest absolute Gasteiger partial charge is 0.343 e. The van der Waals surface area contributed by atoms with E-state index in [1.54, 1.807) is 0 Å². The van der Waals surface area contributed by atoms with Gasteiger partial charge in [0, 0.05) is 29.7 Å². The van der Waals surface area contributed by atoms with Gasteiger partial charge in [0.25, 0.3) is 0 Å². The number of aryl methyl sites for hydroxylation is 2. The number of nitrogens with zero attached hydrogens (tertiary/aromatic N) is 1. The number of benzene rings is 1. The van der Waals surface area contributed by atoms with Crippen molar-refractivity contribution in [1.29, 1.82) is 0 Å². The van der Waals surface area contributed by atoms with Crippen LogP contribution in [-0.2, 0) is 13.0 Å². The number of hydrogen-bond acceptors (Lipinski definition) is 2. The fourth-order valence-corrected chi connectivity index (χ4v) is 2.68. The molecule has 0 aliphatic rings. The molecule has 0 fully saturated rings. The molecular weight excluding hydrogens is 222 g/mol. The number of aromatic nitrogens is 1. The number of rotatable bonds is 5. The van der Waals surface area contributed by atoms with Gasteiger partial charge in [-0.25, -0.2) is 0 Å². The van der Waals surface area contributed by atoms with Crippen LogP contribution in [0, 0.1) is 13.8 Å². The highest BCUT2D eigenvalue weighted by molar-refractivity contribution is 5.86. The van der Waals surface area contributed by atoms with Crippen molar-refractivity contribution in [3.8, 4) is 0 Å². The number of fused-ring (bicyclic) bond motifs is 1. The molecule has 1 heterocycles. The average Bonchev–Trinajstić information content (AvgIpc) is 2.60. The molecule has 1 aromatic heterocycles. The SMILES string of the molecule is Cc1ccc2c(c1)c(CCCN)c(C)n2CCN. The molecule has 4 N–H and O–H groups in total. The van der Waals surface area contributed by atoms with Crippen LogP contribution in [0.15, 0.2) is 18.2 Å². The summed E-state index contributed by atoms with van der Waals surface area (Å²) in [7, 11) is 0. The smallest absolute Gasteiger partial charge is 0.0485 e. The quantitative estimate of drug-likeness (QED) is 0.847. The van der Waals surface area contributed by atoms with E-state index >= 15 is 0 Å². The summed E-state index contributed by atoms with van der Waals surface area (Å²) in [4.78, 5) is 0. The molecule has 3 nitrogen and oxygen atoms in total. The minimum absolute atomic E-state index is 0.675. The van der Waals surface area contributed by atoms with Crippen molar-refractivity contribution in [1.82, 2.24) is 4.57 Å². The van der Waals surface area contributed by atoms with Crippen LogP contribution in [0.2, 0.25) is 0 Å². The van der Waals surface area contributed by atoms with Gasteiger partial charge in [-0.1, -0.05) is 11.6 Å². The molecule has 0 atom stereocenters. The zero-order chi connectivity index (χ0) is 13.1. The van der Waals surface area contributed by atoms with Crippen molar-refractivity contribution in [2.24, 2.45) is 11.5 Å². The van der Waals surface area contributed by atoms with E-state index in [-0.39, 0.29) is 0 Å². The molecule has 0 aliphatic heterocycles. The van der Waals surface area contributed by atoms with Crippen LogP contribution in [0.5, 0.6) is 0 Å². The molecule has 0 saturated heterocycles. The van der Waals surface area contributed by atoms with Gasteiger partial charge in [-0.3, -0.25) is 0 Å². The molecule has 0 spiro atoms. The fraction of sp³-hybridized carbons (Fsp3) is 0.467. The predicted molar refractivity (Wildman–Crippen MR) is 77.8 cm³/mol. The van der Waals surface area contributed by atoms with Gasteiger partial charge < -0.3 is 16.0 Å². The Bertz CT molecular complexity index is 540. The van der Waals surface area contributed by atoms with Gasteiger partial charge in [0.05, 0.1) is 0 Å². The Morgan fingerprint density at radius 1 is 1.11 bits per heavy atom. The van der Waals surface area contributed by atoms with E-state index in [9.17, 15) is 0 Å². The third-order valence-electron chi connectivity index (χ3n) is 3.59. The highest BCUT2D eigenvalue weighted by atomic mass is 15.0. The summed E-state index contributed by atoms with van der Waals surface area (Å²) in [5.41, 5.74) is 16.7. The first-order valence-electron chi connectivity index (χ1n) is 6.67. The Balaban J connectivity index is 2.59. The summed E-state index contributed by atoms with van der Waals surface area (Å²) in [5.74, 6) is 0. The van der Waals surface area contributed by atoms with Gasteiger partial charge in [-0.05, 0) is 50.9 Å². The molecule has 2 aromatic rings. The van der Waals surface area contributed by atoms with Gasteiger partial charge in [-0.2, -0.15) is 0 Å². The second kappa shape index (κ2) is 5.55. The summed E-state index contributed by atoms with van der Waals surface area (Å²) in [6.45, 7) is 6.64. The number of hydrogen-bond donors (Lipinski definition) is 2. The maximum Gasteiger partial charge on any atom is 0.0485 e. The van der Waals surface area contributed by atoms with E-state index in [1.165, 1.54) is 27.7 Å². The third kappa shape index (κ3) is 2.28. The summed E-state index contributed by atoms with van der Waals surface area (Å²) in [5, 5.41) is 1.37. The molecule has 0 bridgehead atoms. The van der Waals surface area contributed by atoms with E-state index in [4.69, 9.17) is 11.5 Å². The average molecular weight is 245 g/mol. The van der Waals surface area contributed by atoms with E-state index in [0.717, 1.165) is 25.9 Å². The lowest BCUT2D eigenvalue weighted by Crippen LogP contribution is -2.11.